The maximum Gasteiger partial charge on any atom is 0.337 e. The molecule has 104 valence electrons. The minimum absolute atomic E-state index is 0.138. The van der Waals surface area contributed by atoms with Crippen LogP contribution in [0.15, 0.2) is 18.2 Å². The lowest BCUT2D eigenvalue weighted by atomic mass is 10.2. The van der Waals surface area contributed by atoms with E-state index in [1.807, 2.05) is 0 Å². The summed E-state index contributed by atoms with van der Waals surface area (Å²) in [5, 5.41) is 12.5. The Morgan fingerprint density at radius 2 is 2.16 bits per heavy atom. The molecule has 19 heavy (non-hydrogen) atoms. The van der Waals surface area contributed by atoms with E-state index in [1.54, 1.807) is 12.1 Å². The van der Waals surface area contributed by atoms with Gasteiger partial charge in [0.05, 0.1) is 10.6 Å². The molecule has 1 aliphatic rings. The zero-order valence-corrected chi connectivity index (χ0v) is 11.8. The number of carboxylic acid groups (broad SMARTS) is 1. The number of aromatic carboxylic acids is 1. The van der Waals surface area contributed by atoms with Crippen LogP contribution in [-0.2, 0) is 0 Å². The third-order valence-electron chi connectivity index (χ3n) is 3.34. The van der Waals surface area contributed by atoms with Crippen LogP contribution in [0.3, 0.4) is 0 Å². The molecule has 0 amide bonds. The van der Waals surface area contributed by atoms with Crippen LogP contribution < -0.4 is 5.32 Å². The molecule has 0 aromatic heterocycles. The normalized spacial score (nSPS) is 17.4. The number of anilines is 1. The molecule has 1 unspecified atom stereocenters. The van der Waals surface area contributed by atoms with Gasteiger partial charge >= 0.3 is 5.97 Å². The van der Waals surface area contributed by atoms with Crippen molar-refractivity contribution in [2.75, 3.05) is 25.0 Å². The Hall–Kier alpha value is -1.26. The number of carbonyl (C=O) groups is 1. The van der Waals surface area contributed by atoms with Crippen LogP contribution in [0.1, 0.15) is 30.1 Å². The zero-order chi connectivity index (χ0) is 13.8. The average Bonchev–Trinajstić information content (AvgIpc) is 2.81. The van der Waals surface area contributed by atoms with Crippen molar-refractivity contribution < 1.29 is 9.90 Å². The molecule has 1 aliphatic heterocycles. The van der Waals surface area contributed by atoms with E-state index in [0.29, 0.717) is 6.04 Å². The Balaban J connectivity index is 1.94. The molecular weight excluding hydrogens is 264 g/mol. The highest BCUT2D eigenvalue weighted by atomic mass is 35.5. The van der Waals surface area contributed by atoms with Crippen molar-refractivity contribution in [1.29, 1.82) is 0 Å². The summed E-state index contributed by atoms with van der Waals surface area (Å²) in [6.45, 7) is 5.46. The predicted octanol–water partition coefficient (Wildman–Crippen LogP) is 2.93. The Bertz CT molecular complexity index is 459. The fourth-order valence-electron chi connectivity index (χ4n) is 2.46. The Kier molecular flexibility index (Phi) is 4.66. The number of nitrogens with zero attached hydrogens (tertiary/aromatic N) is 1. The molecule has 1 atom stereocenters. The Morgan fingerprint density at radius 3 is 2.74 bits per heavy atom. The number of halogens is 1. The molecule has 0 aliphatic carbocycles. The van der Waals surface area contributed by atoms with Gasteiger partial charge < -0.3 is 15.3 Å². The van der Waals surface area contributed by atoms with Gasteiger partial charge in [-0.2, -0.15) is 0 Å². The maximum absolute atomic E-state index is 10.9. The highest BCUT2D eigenvalue weighted by Crippen LogP contribution is 2.21. The first kappa shape index (κ1) is 14.2. The van der Waals surface area contributed by atoms with Crippen LogP contribution >= 0.6 is 11.6 Å². The third kappa shape index (κ3) is 3.85. The number of nitrogens with one attached hydrogen (secondary N) is 1. The van der Waals surface area contributed by atoms with Gasteiger partial charge in [0.15, 0.2) is 0 Å². The van der Waals surface area contributed by atoms with E-state index < -0.39 is 5.97 Å². The molecule has 1 saturated heterocycles. The van der Waals surface area contributed by atoms with Gasteiger partial charge in [-0.05, 0) is 51.1 Å². The number of likely N-dealkylation sites (tertiary alicyclic amines) is 1. The van der Waals surface area contributed by atoms with Gasteiger partial charge in [0.2, 0.25) is 0 Å². The van der Waals surface area contributed by atoms with Gasteiger partial charge in [0.1, 0.15) is 0 Å². The molecule has 4 nitrogen and oxygen atoms in total. The van der Waals surface area contributed by atoms with Crippen LogP contribution in [0.25, 0.3) is 0 Å². The summed E-state index contributed by atoms with van der Waals surface area (Å²) in [7, 11) is 0. The maximum atomic E-state index is 10.9. The van der Waals surface area contributed by atoms with Crippen molar-refractivity contribution in [3.05, 3.63) is 28.8 Å². The third-order valence-corrected chi connectivity index (χ3v) is 3.66. The Labute approximate surface area is 118 Å². The van der Waals surface area contributed by atoms with Crippen molar-refractivity contribution >= 4 is 23.3 Å². The largest absolute Gasteiger partial charge is 0.478 e. The molecule has 0 saturated carbocycles. The summed E-state index contributed by atoms with van der Waals surface area (Å²) >= 11 is 5.95. The first-order valence-corrected chi connectivity index (χ1v) is 6.96. The van der Waals surface area contributed by atoms with Gasteiger partial charge in [-0.3, -0.25) is 0 Å². The Morgan fingerprint density at radius 1 is 1.47 bits per heavy atom. The summed E-state index contributed by atoms with van der Waals surface area (Å²) < 4.78 is 0. The van der Waals surface area contributed by atoms with E-state index in [4.69, 9.17) is 16.7 Å². The summed E-state index contributed by atoms with van der Waals surface area (Å²) in [6, 6.07) is 5.28. The van der Waals surface area contributed by atoms with E-state index in [-0.39, 0.29) is 10.6 Å². The van der Waals surface area contributed by atoms with Crippen molar-refractivity contribution in [2.24, 2.45) is 0 Å². The summed E-state index contributed by atoms with van der Waals surface area (Å²) in [6.07, 6.45) is 2.57. The number of carboxylic acids is 1. The van der Waals surface area contributed by atoms with Crippen molar-refractivity contribution in [3.63, 3.8) is 0 Å². The highest BCUT2D eigenvalue weighted by molar-refractivity contribution is 6.33. The lowest BCUT2D eigenvalue weighted by Crippen LogP contribution is -2.32. The first-order valence-electron chi connectivity index (χ1n) is 6.58. The second-order valence-electron chi connectivity index (χ2n) is 5.05. The number of benzene rings is 1. The van der Waals surface area contributed by atoms with Gasteiger partial charge in [0, 0.05) is 18.3 Å². The molecule has 0 radical (unpaired) electrons. The van der Waals surface area contributed by atoms with Crippen LogP contribution in [0.2, 0.25) is 5.02 Å². The first-order chi connectivity index (χ1) is 9.06. The molecular formula is C14H19ClN2O2. The van der Waals surface area contributed by atoms with Crippen molar-refractivity contribution in [1.82, 2.24) is 4.90 Å². The van der Waals surface area contributed by atoms with E-state index in [1.165, 1.54) is 32.0 Å². The van der Waals surface area contributed by atoms with E-state index in [2.05, 4.69) is 17.1 Å². The van der Waals surface area contributed by atoms with E-state index in [0.717, 1.165) is 12.2 Å². The fraction of sp³-hybridized carbons (Fsp3) is 0.500. The lowest BCUT2D eigenvalue weighted by Gasteiger charge is -2.22. The van der Waals surface area contributed by atoms with E-state index >= 15 is 0 Å². The van der Waals surface area contributed by atoms with Gasteiger partial charge in [-0.15, -0.1) is 0 Å². The minimum atomic E-state index is -0.998. The number of hydrogen-bond donors (Lipinski definition) is 2. The quantitative estimate of drug-likeness (QED) is 0.872. The minimum Gasteiger partial charge on any atom is -0.478 e. The molecule has 1 heterocycles. The molecule has 0 bridgehead atoms. The smallest absolute Gasteiger partial charge is 0.337 e. The monoisotopic (exact) mass is 282 g/mol. The fourth-order valence-corrected chi connectivity index (χ4v) is 2.72. The highest BCUT2D eigenvalue weighted by Gasteiger charge is 2.15. The molecule has 2 rings (SSSR count). The molecule has 5 heteroatoms. The molecule has 1 fully saturated rings. The average molecular weight is 283 g/mol. The predicted molar refractivity (Wildman–Crippen MR) is 77.2 cm³/mol. The summed E-state index contributed by atoms with van der Waals surface area (Å²) in [5.74, 6) is -0.998. The van der Waals surface area contributed by atoms with Crippen molar-refractivity contribution in [3.8, 4) is 0 Å². The van der Waals surface area contributed by atoms with Crippen LogP contribution in [-0.4, -0.2) is 41.7 Å². The lowest BCUT2D eigenvalue weighted by molar-refractivity contribution is 0.0697. The number of hydrogen-bond acceptors (Lipinski definition) is 3. The van der Waals surface area contributed by atoms with Gasteiger partial charge in [0.25, 0.3) is 0 Å². The molecule has 1 aromatic rings. The molecule has 1 aromatic carbocycles. The van der Waals surface area contributed by atoms with Gasteiger partial charge in [-0.1, -0.05) is 11.6 Å². The van der Waals surface area contributed by atoms with E-state index in [9.17, 15) is 4.79 Å². The summed E-state index contributed by atoms with van der Waals surface area (Å²) in [5.41, 5.74) is 1.00. The second-order valence-corrected chi connectivity index (χ2v) is 5.46. The standard InChI is InChI=1S/C14H19ClN2O2/c1-10(9-17-6-2-3-7-17)16-11-4-5-12(14(18)19)13(15)8-11/h4-5,8,10,16H,2-3,6-7,9H2,1H3,(H,18,19). The number of rotatable bonds is 5. The van der Waals surface area contributed by atoms with Crippen LogP contribution in [0.5, 0.6) is 0 Å². The van der Waals surface area contributed by atoms with Crippen LogP contribution in [0, 0.1) is 0 Å². The molecule has 2 N–H and O–H groups in total. The zero-order valence-electron chi connectivity index (χ0n) is 11.0. The molecule has 0 spiro atoms. The second kappa shape index (κ2) is 6.26. The topological polar surface area (TPSA) is 52.6 Å². The summed E-state index contributed by atoms with van der Waals surface area (Å²) in [4.78, 5) is 13.3. The van der Waals surface area contributed by atoms with Crippen molar-refractivity contribution in [2.45, 2.75) is 25.8 Å². The SMILES string of the molecule is CC(CN1CCCC1)Nc1ccc(C(=O)O)c(Cl)c1. The van der Waals surface area contributed by atoms with Crippen LogP contribution in [0.4, 0.5) is 5.69 Å². The van der Waals surface area contributed by atoms with Gasteiger partial charge in [-0.25, -0.2) is 4.79 Å².